The smallest absolute Gasteiger partial charge is 0.186 e. The zero-order valence-corrected chi connectivity index (χ0v) is 20.2. The lowest BCUT2D eigenvalue weighted by Gasteiger charge is -2.36. The van der Waals surface area contributed by atoms with Crippen molar-refractivity contribution in [2.24, 2.45) is 0 Å². The molecule has 164 valence electrons. The summed E-state index contributed by atoms with van der Waals surface area (Å²) in [6.45, 7) is 9.86. The molecule has 5 nitrogen and oxygen atoms in total. The molecule has 5 rings (SSSR count). The third kappa shape index (κ3) is 4.30. The molecule has 0 spiro atoms. The second kappa shape index (κ2) is 8.68. The molecule has 7 heteroatoms. The van der Waals surface area contributed by atoms with Gasteiger partial charge in [-0.05, 0) is 44.5 Å². The molecule has 0 atom stereocenters. The number of aryl methyl sites for hydroxylation is 3. The van der Waals surface area contributed by atoms with Crippen LogP contribution in [0.25, 0.3) is 10.2 Å². The Balaban J connectivity index is 1.37. The Hall–Kier alpha value is -2.70. The van der Waals surface area contributed by atoms with E-state index in [1.54, 1.807) is 11.3 Å². The number of piperazine rings is 1. The summed E-state index contributed by atoms with van der Waals surface area (Å²) in [5, 5.41) is 1.82. The molecule has 0 saturated carbocycles. The van der Waals surface area contributed by atoms with Crippen LogP contribution >= 0.6 is 22.9 Å². The Kier molecular flexibility index (Phi) is 5.74. The monoisotopic (exact) mass is 463 g/mol. The first-order chi connectivity index (χ1) is 15.5. The number of rotatable bonds is 4. The quantitative estimate of drug-likeness (QED) is 0.395. The Morgan fingerprint density at radius 3 is 2.34 bits per heavy atom. The normalized spacial score (nSPS) is 14.4. The average molecular weight is 464 g/mol. The van der Waals surface area contributed by atoms with E-state index >= 15 is 0 Å². The number of nitrogens with zero attached hydrogens (tertiary/aromatic N) is 5. The fraction of sp³-hybridized carbons (Fsp3) is 0.320. The maximum Gasteiger partial charge on any atom is 0.186 e. The van der Waals surface area contributed by atoms with Crippen molar-refractivity contribution < 1.29 is 0 Å². The molecule has 4 aromatic rings. The molecule has 0 amide bonds. The molecule has 0 aliphatic carbocycles. The molecule has 2 aromatic carbocycles. The molecule has 1 saturated heterocycles. The number of hydrogen-bond donors (Lipinski definition) is 0. The maximum absolute atomic E-state index is 6.15. The van der Waals surface area contributed by atoms with Crippen molar-refractivity contribution in [1.29, 1.82) is 0 Å². The van der Waals surface area contributed by atoms with Gasteiger partial charge >= 0.3 is 0 Å². The first-order valence-corrected chi connectivity index (χ1v) is 12.1. The van der Waals surface area contributed by atoms with E-state index in [1.807, 2.05) is 25.1 Å². The van der Waals surface area contributed by atoms with Crippen LogP contribution in [0, 0.1) is 20.8 Å². The van der Waals surface area contributed by atoms with Crippen LogP contribution in [0.1, 0.15) is 28.2 Å². The van der Waals surface area contributed by atoms with Crippen molar-refractivity contribution in [3.63, 3.8) is 0 Å². The minimum absolute atomic E-state index is 0.758. The van der Waals surface area contributed by atoms with Crippen LogP contribution in [0.4, 0.5) is 10.9 Å². The van der Waals surface area contributed by atoms with Crippen LogP contribution in [0.5, 0.6) is 0 Å². The Labute approximate surface area is 197 Å². The van der Waals surface area contributed by atoms with E-state index in [0.717, 1.165) is 70.3 Å². The summed E-state index contributed by atoms with van der Waals surface area (Å²) in [4.78, 5) is 19.2. The van der Waals surface area contributed by atoms with Gasteiger partial charge in [-0.3, -0.25) is 0 Å². The highest BCUT2D eigenvalue weighted by Crippen LogP contribution is 2.32. The third-order valence-electron chi connectivity index (χ3n) is 5.99. The molecule has 0 radical (unpaired) electrons. The molecule has 2 aromatic heterocycles. The highest BCUT2D eigenvalue weighted by Gasteiger charge is 2.24. The van der Waals surface area contributed by atoms with Gasteiger partial charge < -0.3 is 9.80 Å². The van der Waals surface area contributed by atoms with Crippen LogP contribution in [-0.4, -0.2) is 41.1 Å². The summed E-state index contributed by atoms with van der Waals surface area (Å²) in [5.41, 5.74) is 5.87. The number of thiazole rings is 1. The van der Waals surface area contributed by atoms with Gasteiger partial charge in [0.05, 0.1) is 10.2 Å². The fourth-order valence-electron chi connectivity index (χ4n) is 4.23. The predicted octanol–water partition coefficient (Wildman–Crippen LogP) is 5.58. The molecular weight excluding hydrogens is 438 g/mol. The van der Waals surface area contributed by atoms with Crippen molar-refractivity contribution in [2.75, 3.05) is 36.0 Å². The van der Waals surface area contributed by atoms with E-state index < -0.39 is 0 Å². The molecule has 1 fully saturated rings. The molecule has 1 aliphatic heterocycles. The van der Waals surface area contributed by atoms with Gasteiger partial charge in [-0.15, -0.1) is 0 Å². The van der Waals surface area contributed by atoms with E-state index in [4.69, 9.17) is 21.6 Å². The number of halogens is 1. The highest BCUT2D eigenvalue weighted by atomic mass is 35.5. The maximum atomic E-state index is 6.15. The van der Waals surface area contributed by atoms with Crippen molar-refractivity contribution in [2.45, 2.75) is 27.2 Å². The Morgan fingerprint density at radius 2 is 1.59 bits per heavy atom. The minimum atomic E-state index is 0.758. The average Bonchev–Trinajstić information content (AvgIpc) is 3.20. The largest absolute Gasteiger partial charge is 0.353 e. The van der Waals surface area contributed by atoms with Crippen LogP contribution < -0.4 is 9.80 Å². The molecule has 1 aliphatic rings. The van der Waals surface area contributed by atoms with E-state index in [1.165, 1.54) is 16.7 Å². The van der Waals surface area contributed by atoms with E-state index in [-0.39, 0.29) is 0 Å². The van der Waals surface area contributed by atoms with E-state index in [9.17, 15) is 0 Å². The van der Waals surface area contributed by atoms with Crippen molar-refractivity contribution in [3.8, 4) is 0 Å². The topological polar surface area (TPSA) is 45.2 Å². The second-order valence-corrected chi connectivity index (χ2v) is 9.85. The summed E-state index contributed by atoms with van der Waals surface area (Å²) in [7, 11) is 0. The summed E-state index contributed by atoms with van der Waals surface area (Å²) in [6.07, 6.45) is 0.848. The highest BCUT2D eigenvalue weighted by molar-refractivity contribution is 7.22. The summed E-state index contributed by atoms with van der Waals surface area (Å²) >= 11 is 7.87. The Morgan fingerprint density at radius 1 is 0.875 bits per heavy atom. The predicted molar refractivity (Wildman–Crippen MR) is 135 cm³/mol. The number of hydrogen-bond acceptors (Lipinski definition) is 6. The van der Waals surface area contributed by atoms with Gasteiger partial charge in [0.15, 0.2) is 5.13 Å². The van der Waals surface area contributed by atoms with Gasteiger partial charge in [-0.2, -0.15) is 0 Å². The van der Waals surface area contributed by atoms with Crippen molar-refractivity contribution in [3.05, 3.63) is 75.7 Å². The SMILES string of the molecule is Cc1ccc(Cc2c(C)nc(C)nc2N2CCN(c3nc4ccc(Cl)cc4s3)CC2)cc1. The van der Waals surface area contributed by atoms with Gasteiger partial charge in [-0.25, -0.2) is 15.0 Å². The molecular formula is C25H26ClN5S. The molecule has 0 N–H and O–H groups in total. The molecule has 0 unspecified atom stereocenters. The lowest BCUT2D eigenvalue weighted by atomic mass is 10.0. The van der Waals surface area contributed by atoms with Gasteiger partial charge in [0.25, 0.3) is 0 Å². The first kappa shape index (κ1) is 21.2. The van der Waals surface area contributed by atoms with Crippen LogP contribution in [0.2, 0.25) is 5.02 Å². The lowest BCUT2D eigenvalue weighted by Crippen LogP contribution is -2.47. The van der Waals surface area contributed by atoms with Crippen molar-refractivity contribution >= 4 is 44.1 Å². The van der Waals surface area contributed by atoms with Crippen molar-refractivity contribution in [1.82, 2.24) is 15.0 Å². The standard InChI is InChI=1S/C25H26ClN5S/c1-16-4-6-19(7-5-16)14-21-17(2)27-18(3)28-24(21)30-10-12-31(13-11-30)25-29-22-9-8-20(26)15-23(22)32-25/h4-9,15H,10-14H2,1-3H3. The fourth-order valence-corrected chi connectivity index (χ4v) is 5.52. The zero-order chi connectivity index (χ0) is 22.2. The zero-order valence-electron chi connectivity index (χ0n) is 18.6. The second-order valence-electron chi connectivity index (χ2n) is 8.40. The summed E-state index contributed by atoms with van der Waals surface area (Å²) in [6, 6.07) is 14.6. The number of anilines is 2. The molecule has 32 heavy (non-hydrogen) atoms. The van der Waals surface area contributed by atoms with Gasteiger partial charge in [0, 0.05) is 48.9 Å². The van der Waals surface area contributed by atoms with E-state index in [2.05, 4.69) is 52.9 Å². The molecule has 3 heterocycles. The van der Waals surface area contributed by atoms with E-state index in [0.29, 0.717) is 0 Å². The van der Waals surface area contributed by atoms with Gasteiger partial charge in [0.2, 0.25) is 0 Å². The summed E-state index contributed by atoms with van der Waals surface area (Å²) in [5.74, 6) is 1.90. The lowest BCUT2D eigenvalue weighted by molar-refractivity contribution is 0.641. The van der Waals surface area contributed by atoms with Crippen LogP contribution in [0.3, 0.4) is 0 Å². The Bertz CT molecular complexity index is 1260. The van der Waals surface area contributed by atoms with Crippen LogP contribution in [-0.2, 0) is 6.42 Å². The minimum Gasteiger partial charge on any atom is -0.353 e. The van der Waals surface area contributed by atoms with Gasteiger partial charge in [0.1, 0.15) is 11.6 Å². The van der Waals surface area contributed by atoms with Gasteiger partial charge in [-0.1, -0.05) is 52.8 Å². The number of benzene rings is 2. The molecule has 0 bridgehead atoms. The van der Waals surface area contributed by atoms with Crippen LogP contribution in [0.15, 0.2) is 42.5 Å². The third-order valence-corrected chi connectivity index (χ3v) is 7.31. The number of fused-ring (bicyclic) bond motifs is 1. The number of aromatic nitrogens is 3. The summed E-state index contributed by atoms with van der Waals surface area (Å²) < 4.78 is 1.14. The first-order valence-electron chi connectivity index (χ1n) is 10.9.